The van der Waals surface area contributed by atoms with Crippen LogP contribution in [0.2, 0.25) is 10.0 Å². The van der Waals surface area contributed by atoms with E-state index in [4.69, 9.17) is 23.2 Å². The molecule has 0 aliphatic heterocycles. The zero-order chi connectivity index (χ0) is 22.3. The molecule has 0 unspecified atom stereocenters. The molecule has 162 valence electrons. The number of hydrogen-bond acceptors (Lipinski definition) is 3. The molecule has 0 heterocycles. The van der Waals surface area contributed by atoms with E-state index in [1.807, 2.05) is 45.0 Å². The van der Waals surface area contributed by atoms with E-state index >= 15 is 0 Å². The molecule has 0 saturated heterocycles. The maximum atomic E-state index is 13.1. The third-order valence-electron chi connectivity index (χ3n) is 4.59. The van der Waals surface area contributed by atoms with Crippen molar-refractivity contribution < 1.29 is 9.59 Å². The molecule has 4 nitrogen and oxygen atoms in total. The fraction of sp³-hybridized carbons (Fsp3) is 0.391. The van der Waals surface area contributed by atoms with E-state index in [-0.39, 0.29) is 24.1 Å². The van der Waals surface area contributed by atoms with Crippen molar-refractivity contribution in [1.82, 2.24) is 10.2 Å². The third-order valence-corrected chi connectivity index (χ3v) is 6.17. The smallest absolute Gasteiger partial charge is 0.242 e. The minimum absolute atomic E-state index is 0.126. The molecular weight excluding hydrogens is 439 g/mol. The molecule has 0 radical (unpaired) electrons. The van der Waals surface area contributed by atoms with E-state index < -0.39 is 6.04 Å². The second-order valence-electron chi connectivity index (χ2n) is 7.67. The lowest BCUT2D eigenvalue weighted by Crippen LogP contribution is -2.48. The quantitative estimate of drug-likeness (QED) is 0.490. The van der Waals surface area contributed by atoms with E-state index in [9.17, 15) is 9.59 Å². The Balaban J connectivity index is 2.16. The number of hydrogen-bond donors (Lipinski definition) is 1. The number of rotatable bonds is 9. The monoisotopic (exact) mass is 466 g/mol. The number of carbonyl (C=O) groups excluding carboxylic acids is 2. The fourth-order valence-electron chi connectivity index (χ4n) is 2.73. The minimum atomic E-state index is -0.624. The highest BCUT2D eigenvalue weighted by Crippen LogP contribution is 2.25. The van der Waals surface area contributed by atoms with E-state index in [0.717, 1.165) is 10.5 Å². The Morgan fingerprint density at radius 3 is 2.33 bits per heavy atom. The van der Waals surface area contributed by atoms with Crippen LogP contribution in [0, 0.1) is 12.8 Å². The first-order chi connectivity index (χ1) is 14.2. The van der Waals surface area contributed by atoms with Crippen LogP contribution in [0.25, 0.3) is 0 Å². The summed E-state index contributed by atoms with van der Waals surface area (Å²) in [4.78, 5) is 28.4. The van der Waals surface area contributed by atoms with Crippen molar-refractivity contribution >= 4 is 46.8 Å². The van der Waals surface area contributed by atoms with Gasteiger partial charge in [-0.3, -0.25) is 9.59 Å². The predicted molar refractivity (Wildman–Crippen MR) is 126 cm³/mol. The number of benzene rings is 2. The molecule has 0 aromatic heterocycles. The standard InChI is InChI=1S/C23H28Cl2N2O2S/c1-15(2)12-26-23(29)17(4)27(13-18-7-8-19(24)11-21(18)25)22(28)14-30-20-9-5-16(3)6-10-20/h5-11,15,17H,12-14H2,1-4H3,(H,26,29)/t17-/m1/s1. The van der Waals surface area contributed by atoms with Crippen molar-refractivity contribution in [3.8, 4) is 0 Å². The van der Waals surface area contributed by atoms with Crippen molar-refractivity contribution in [1.29, 1.82) is 0 Å². The van der Waals surface area contributed by atoms with Crippen molar-refractivity contribution in [2.24, 2.45) is 5.92 Å². The molecule has 1 N–H and O–H groups in total. The van der Waals surface area contributed by atoms with Gasteiger partial charge >= 0.3 is 0 Å². The summed E-state index contributed by atoms with van der Waals surface area (Å²) in [5.41, 5.74) is 1.92. The van der Waals surface area contributed by atoms with E-state index in [1.165, 1.54) is 17.3 Å². The van der Waals surface area contributed by atoms with Gasteiger partial charge in [0.2, 0.25) is 11.8 Å². The van der Waals surface area contributed by atoms with Crippen molar-refractivity contribution in [2.75, 3.05) is 12.3 Å². The molecular formula is C23H28Cl2N2O2S. The van der Waals surface area contributed by atoms with Crippen LogP contribution in [0.4, 0.5) is 0 Å². The van der Waals surface area contributed by atoms with Crippen molar-refractivity contribution in [3.63, 3.8) is 0 Å². The topological polar surface area (TPSA) is 49.4 Å². The lowest BCUT2D eigenvalue weighted by atomic mass is 10.1. The van der Waals surface area contributed by atoms with Gasteiger partial charge in [0.15, 0.2) is 0 Å². The van der Waals surface area contributed by atoms with Crippen LogP contribution in [0.15, 0.2) is 47.4 Å². The SMILES string of the molecule is Cc1ccc(SCC(=O)N(Cc2ccc(Cl)cc2Cl)[C@H](C)C(=O)NCC(C)C)cc1. The maximum absolute atomic E-state index is 13.1. The fourth-order valence-corrected chi connectivity index (χ4v) is 3.98. The van der Waals surface area contributed by atoms with Gasteiger partial charge in [-0.2, -0.15) is 0 Å². The molecule has 0 bridgehead atoms. The predicted octanol–water partition coefficient (Wildman–Crippen LogP) is 5.58. The third kappa shape index (κ3) is 7.53. The van der Waals surface area contributed by atoms with Crippen LogP contribution in [-0.4, -0.2) is 35.1 Å². The molecule has 2 amide bonds. The van der Waals surface area contributed by atoms with Crippen molar-refractivity contribution in [3.05, 3.63) is 63.6 Å². The number of nitrogens with one attached hydrogen (secondary N) is 1. The molecule has 1 atom stereocenters. The van der Waals surface area contributed by atoms with Crippen LogP contribution in [0.5, 0.6) is 0 Å². The first kappa shape index (κ1) is 24.6. The Bertz CT molecular complexity index is 872. The highest BCUT2D eigenvalue weighted by molar-refractivity contribution is 8.00. The number of aryl methyl sites for hydroxylation is 1. The molecule has 0 spiro atoms. The summed E-state index contributed by atoms with van der Waals surface area (Å²) in [6, 6.07) is 12.6. The van der Waals surface area contributed by atoms with Gasteiger partial charge in [-0.15, -0.1) is 11.8 Å². The van der Waals surface area contributed by atoms with E-state index in [2.05, 4.69) is 5.32 Å². The van der Waals surface area contributed by atoms with Gasteiger partial charge in [0.25, 0.3) is 0 Å². The lowest BCUT2D eigenvalue weighted by molar-refractivity contribution is -0.138. The van der Waals surface area contributed by atoms with Crippen LogP contribution in [0.1, 0.15) is 31.9 Å². The molecule has 2 rings (SSSR count). The summed E-state index contributed by atoms with van der Waals surface area (Å²) < 4.78 is 0. The number of nitrogens with zero attached hydrogens (tertiary/aromatic N) is 1. The highest BCUT2D eigenvalue weighted by Gasteiger charge is 2.26. The van der Waals surface area contributed by atoms with Crippen LogP contribution >= 0.6 is 35.0 Å². The lowest BCUT2D eigenvalue weighted by Gasteiger charge is -2.29. The second-order valence-corrected chi connectivity index (χ2v) is 9.57. The summed E-state index contributed by atoms with van der Waals surface area (Å²) in [5.74, 6) is 0.255. The molecule has 30 heavy (non-hydrogen) atoms. The van der Waals surface area contributed by atoms with E-state index in [0.29, 0.717) is 22.5 Å². The summed E-state index contributed by atoms with van der Waals surface area (Å²) in [6.45, 7) is 8.62. The Hall–Kier alpha value is -1.69. The zero-order valence-electron chi connectivity index (χ0n) is 17.7. The Labute approximate surface area is 193 Å². The number of carbonyl (C=O) groups is 2. The van der Waals surface area contributed by atoms with Gasteiger partial charge in [-0.25, -0.2) is 0 Å². The first-order valence-electron chi connectivity index (χ1n) is 9.88. The Morgan fingerprint density at radius 1 is 1.07 bits per heavy atom. The van der Waals surface area contributed by atoms with E-state index in [1.54, 1.807) is 30.0 Å². The van der Waals surface area contributed by atoms with Gasteiger partial charge in [-0.05, 0) is 49.6 Å². The number of halogens is 2. The summed E-state index contributed by atoms with van der Waals surface area (Å²) in [7, 11) is 0. The molecule has 0 saturated carbocycles. The highest BCUT2D eigenvalue weighted by atomic mass is 35.5. The molecule has 7 heteroatoms. The van der Waals surface area contributed by atoms with Gasteiger partial charge in [-0.1, -0.05) is 60.8 Å². The number of thioether (sulfide) groups is 1. The summed E-state index contributed by atoms with van der Waals surface area (Å²) in [5, 5.41) is 3.91. The minimum Gasteiger partial charge on any atom is -0.354 e. The normalized spacial score (nSPS) is 12.0. The van der Waals surface area contributed by atoms with Gasteiger partial charge < -0.3 is 10.2 Å². The average Bonchev–Trinajstić information content (AvgIpc) is 2.70. The average molecular weight is 467 g/mol. The molecule has 0 aliphatic rings. The Kier molecular flexibility index (Phi) is 9.53. The van der Waals surface area contributed by atoms with Crippen LogP contribution in [-0.2, 0) is 16.1 Å². The van der Waals surface area contributed by atoms with Gasteiger partial charge in [0, 0.05) is 28.0 Å². The largest absolute Gasteiger partial charge is 0.354 e. The first-order valence-corrected chi connectivity index (χ1v) is 11.6. The molecule has 0 aliphatic carbocycles. The molecule has 0 fully saturated rings. The van der Waals surface area contributed by atoms with Crippen molar-refractivity contribution in [2.45, 2.75) is 45.2 Å². The Morgan fingerprint density at radius 2 is 1.73 bits per heavy atom. The summed E-state index contributed by atoms with van der Waals surface area (Å²) in [6.07, 6.45) is 0. The van der Waals surface area contributed by atoms with Crippen LogP contribution < -0.4 is 5.32 Å². The maximum Gasteiger partial charge on any atom is 0.242 e. The van der Waals surface area contributed by atoms with Crippen LogP contribution in [0.3, 0.4) is 0 Å². The molecule has 2 aromatic rings. The van der Waals surface area contributed by atoms with Gasteiger partial charge in [0.1, 0.15) is 6.04 Å². The zero-order valence-corrected chi connectivity index (χ0v) is 20.1. The summed E-state index contributed by atoms with van der Waals surface area (Å²) >= 11 is 13.8. The van der Waals surface area contributed by atoms with Gasteiger partial charge in [0.05, 0.1) is 5.75 Å². The second kappa shape index (κ2) is 11.6. The number of amides is 2. The molecule has 2 aromatic carbocycles.